The smallest absolute Gasteiger partial charge is 0.341 e. The lowest BCUT2D eigenvalue weighted by molar-refractivity contribution is 0.0601. The second kappa shape index (κ2) is 4.53. The molecule has 1 aromatic carbocycles. The summed E-state index contributed by atoms with van der Waals surface area (Å²) in [5.74, 6) is -1.05. The third-order valence-electron chi connectivity index (χ3n) is 2.67. The molecule has 1 heterocycles. The van der Waals surface area contributed by atoms with Gasteiger partial charge in [-0.25, -0.2) is 9.18 Å². The van der Waals surface area contributed by atoms with E-state index in [1.165, 1.54) is 19.4 Å². The van der Waals surface area contributed by atoms with Crippen LogP contribution in [0.4, 0.5) is 10.1 Å². The van der Waals surface area contributed by atoms with E-state index in [9.17, 15) is 9.18 Å². The molecule has 0 aliphatic rings. The predicted molar refractivity (Wildman–Crippen MR) is 69.9 cm³/mol. The Labute approximate surface area is 111 Å². The van der Waals surface area contributed by atoms with Crippen molar-refractivity contribution in [2.45, 2.75) is 6.92 Å². The lowest BCUT2D eigenvalue weighted by Gasteiger charge is -2.10. The van der Waals surface area contributed by atoms with Crippen LogP contribution in [0.3, 0.4) is 0 Å². The number of fused-ring (bicyclic) bond motifs is 1. The maximum Gasteiger partial charge on any atom is 0.341 e. The molecule has 0 fully saturated rings. The molecule has 1 aromatic heterocycles. The van der Waals surface area contributed by atoms with Crippen LogP contribution >= 0.6 is 15.9 Å². The summed E-state index contributed by atoms with van der Waals surface area (Å²) >= 11 is 3.12. The van der Waals surface area contributed by atoms with E-state index in [-0.39, 0.29) is 15.7 Å². The highest BCUT2D eigenvalue weighted by Gasteiger charge is 2.18. The number of aromatic nitrogens is 1. The molecule has 0 unspecified atom stereocenters. The van der Waals surface area contributed by atoms with Crippen molar-refractivity contribution >= 4 is 38.5 Å². The number of anilines is 1. The number of carbonyl (C=O) groups is 1. The highest BCUT2D eigenvalue weighted by molar-refractivity contribution is 9.10. The first-order chi connectivity index (χ1) is 8.47. The Morgan fingerprint density at radius 2 is 2.22 bits per heavy atom. The van der Waals surface area contributed by atoms with Crippen molar-refractivity contribution in [3.8, 4) is 0 Å². The standard InChI is InChI=1S/C12H10BrFN2O2/c1-5-3-7(14)9(13)8-10(15)6(12(17)18-2)4-16-11(5)8/h3-4H,1-2H3,(H2,15,16). The Morgan fingerprint density at radius 1 is 1.56 bits per heavy atom. The molecular weight excluding hydrogens is 303 g/mol. The van der Waals surface area contributed by atoms with Gasteiger partial charge < -0.3 is 10.5 Å². The van der Waals surface area contributed by atoms with Crippen LogP contribution in [0.1, 0.15) is 15.9 Å². The first-order valence-corrected chi connectivity index (χ1v) is 5.87. The number of halogens is 2. The van der Waals surface area contributed by atoms with Gasteiger partial charge in [-0.2, -0.15) is 0 Å². The van der Waals surface area contributed by atoms with E-state index >= 15 is 0 Å². The highest BCUT2D eigenvalue weighted by atomic mass is 79.9. The Kier molecular flexibility index (Phi) is 3.21. The molecule has 0 amide bonds. The first kappa shape index (κ1) is 12.8. The van der Waals surface area contributed by atoms with Crippen LogP contribution in [0.15, 0.2) is 16.7 Å². The average molecular weight is 313 g/mol. The fraction of sp³-hybridized carbons (Fsp3) is 0.167. The van der Waals surface area contributed by atoms with Gasteiger partial charge >= 0.3 is 5.97 Å². The zero-order valence-electron chi connectivity index (χ0n) is 9.75. The number of nitrogens with zero attached hydrogens (tertiary/aromatic N) is 1. The summed E-state index contributed by atoms with van der Waals surface area (Å²) in [6, 6.07) is 1.36. The van der Waals surface area contributed by atoms with Crippen molar-refractivity contribution in [2.24, 2.45) is 0 Å². The van der Waals surface area contributed by atoms with E-state index in [0.29, 0.717) is 16.5 Å². The van der Waals surface area contributed by atoms with Gasteiger partial charge in [0.1, 0.15) is 11.4 Å². The molecule has 4 nitrogen and oxygen atoms in total. The minimum Gasteiger partial charge on any atom is -0.465 e. The number of carbonyl (C=O) groups excluding carboxylic acids is 1. The quantitative estimate of drug-likeness (QED) is 0.822. The van der Waals surface area contributed by atoms with E-state index in [4.69, 9.17) is 5.73 Å². The summed E-state index contributed by atoms with van der Waals surface area (Å²) in [5, 5.41) is 0.385. The van der Waals surface area contributed by atoms with Crippen molar-refractivity contribution < 1.29 is 13.9 Å². The van der Waals surface area contributed by atoms with Crippen molar-refractivity contribution in [1.82, 2.24) is 4.98 Å². The van der Waals surface area contributed by atoms with Crippen molar-refractivity contribution in [3.05, 3.63) is 33.7 Å². The van der Waals surface area contributed by atoms with Gasteiger partial charge in [0.05, 0.1) is 22.8 Å². The molecule has 0 saturated carbocycles. The number of ether oxygens (including phenoxy) is 1. The van der Waals surface area contributed by atoms with Crippen molar-refractivity contribution in [1.29, 1.82) is 0 Å². The third-order valence-corrected chi connectivity index (χ3v) is 3.45. The molecule has 0 bridgehead atoms. The summed E-state index contributed by atoms with van der Waals surface area (Å²) < 4.78 is 18.4. The second-order valence-corrected chi connectivity index (χ2v) is 4.58. The minimum absolute atomic E-state index is 0.121. The first-order valence-electron chi connectivity index (χ1n) is 5.08. The molecule has 0 saturated heterocycles. The van der Waals surface area contributed by atoms with Gasteiger partial charge in [-0.3, -0.25) is 4.98 Å². The van der Waals surface area contributed by atoms with Crippen LogP contribution in [0.2, 0.25) is 0 Å². The van der Waals surface area contributed by atoms with Crippen LogP contribution in [0.25, 0.3) is 10.9 Å². The van der Waals surface area contributed by atoms with Crippen LogP contribution in [-0.2, 0) is 4.74 Å². The topological polar surface area (TPSA) is 65.2 Å². The van der Waals surface area contributed by atoms with Gasteiger partial charge in [0.15, 0.2) is 0 Å². The van der Waals surface area contributed by atoms with E-state index in [2.05, 4.69) is 25.7 Å². The van der Waals surface area contributed by atoms with Crippen LogP contribution < -0.4 is 5.73 Å². The number of methoxy groups -OCH3 is 1. The summed E-state index contributed by atoms with van der Waals surface area (Å²) in [7, 11) is 1.25. The molecule has 6 heteroatoms. The maximum atomic E-state index is 13.7. The largest absolute Gasteiger partial charge is 0.465 e. The van der Waals surface area contributed by atoms with Gasteiger partial charge in [0.2, 0.25) is 0 Å². The molecular formula is C12H10BrFN2O2. The number of esters is 1. The normalized spacial score (nSPS) is 10.7. The van der Waals surface area contributed by atoms with Crippen molar-refractivity contribution in [2.75, 3.05) is 12.8 Å². The minimum atomic E-state index is -0.601. The fourth-order valence-electron chi connectivity index (χ4n) is 1.76. The lowest BCUT2D eigenvalue weighted by Crippen LogP contribution is -2.07. The number of benzene rings is 1. The molecule has 94 valence electrons. The van der Waals surface area contributed by atoms with Crippen LogP contribution in [-0.4, -0.2) is 18.1 Å². The Morgan fingerprint density at radius 3 is 2.83 bits per heavy atom. The summed E-state index contributed by atoms with van der Waals surface area (Å²) in [4.78, 5) is 15.6. The molecule has 18 heavy (non-hydrogen) atoms. The van der Waals surface area contributed by atoms with Crippen LogP contribution in [0.5, 0.6) is 0 Å². The molecule has 0 aliphatic carbocycles. The van der Waals surface area contributed by atoms with Crippen LogP contribution in [0, 0.1) is 12.7 Å². The third kappa shape index (κ3) is 1.82. The van der Waals surface area contributed by atoms with Gasteiger partial charge in [-0.1, -0.05) is 0 Å². The summed E-state index contributed by atoms with van der Waals surface area (Å²) in [6.07, 6.45) is 1.33. The number of nitrogens with two attached hydrogens (primary N) is 1. The molecule has 0 spiro atoms. The number of rotatable bonds is 1. The average Bonchev–Trinajstić information content (AvgIpc) is 2.35. The van der Waals surface area contributed by atoms with Gasteiger partial charge in [-0.15, -0.1) is 0 Å². The summed E-state index contributed by atoms with van der Waals surface area (Å²) in [6.45, 7) is 1.72. The number of hydrogen-bond donors (Lipinski definition) is 1. The second-order valence-electron chi connectivity index (χ2n) is 3.79. The molecule has 2 N–H and O–H groups in total. The zero-order valence-corrected chi connectivity index (χ0v) is 11.3. The Bertz CT molecular complexity index is 658. The summed E-state index contributed by atoms with van der Waals surface area (Å²) in [5.41, 5.74) is 7.37. The number of nitrogen functional groups attached to an aromatic ring is 1. The number of hydrogen-bond acceptors (Lipinski definition) is 4. The number of aryl methyl sites for hydroxylation is 1. The molecule has 2 aromatic rings. The molecule has 0 aliphatic heterocycles. The molecule has 2 rings (SSSR count). The molecule has 0 atom stereocenters. The maximum absolute atomic E-state index is 13.7. The highest BCUT2D eigenvalue weighted by Crippen LogP contribution is 2.34. The van der Waals surface area contributed by atoms with Crippen molar-refractivity contribution in [3.63, 3.8) is 0 Å². The van der Waals surface area contributed by atoms with Gasteiger partial charge in [0.25, 0.3) is 0 Å². The van der Waals surface area contributed by atoms with Gasteiger partial charge in [-0.05, 0) is 34.5 Å². The monoisotopic (exact) mass is 312 g/mol. The zero-order chi connectivity index (χ0) is 13.4. The van der Waals surface area contributed by atoms with Gasteiger partial charge in [0, 0.05) is 11.6 Å². The van der Waals surface area contributed by atoms with E-state index < -0.39 is 11.8 Å². The lowest BCUT2D eigenvalue weighted by atomic mass is 10.1. The molecule has 0 radical (unpaired) electrons. The van der Waals surface area contributed by atoms with E-state index in [1.54, 1.807) is 6.92 Å². The van der Waals surface area contributed by atoms with E-state index in [1.807, 2.05) is 0 Å². The SMILES string of the molecule is COC(=O)c1cnc2c(C)cc(F)c(Br)c2c1N. The Hall–Kier alpha value is -1.69. The number of pyridine rings is 1. The Balaban J connectivity index is 2.89. The van der Waals surface area contributed by atoms with E-state index in [0.717, 1.165) is 0 Å². The fourth-order valence-corrected chi connectivity index (χ4v) is 2.28. The predicted octanol–water partition coefficient (Wildman–Crippen LogP) is 2.81.